The molecule has 0 spiro atoms. The Bertz CT molecular complexity index is 1110. The van der Waals surface area contributed by atoms with E-state index in [1.165, 1.54) is 0 Å². The van der Waals surface area contributed by atoms with Crippen LogP contribution in [0, 0.1) is 17.8 Å². The molecule has 13 heteroatoms. The minimum absolute atomic E-state index is 0.120. The number of primary amides is 1. The third kappa shape index (κ3) is 15.0. The van der Waals surface area contributed by atoms with Gasteiger partial charge >= 0.3 is 6.09 Å². The van der Waals surface area contributed by atoms with Crippen LogP contribution in [0.25, 0.3) is 0 Å². The summed E-state index contributed by atoms with van der Waals surface area (Å²) < 4.78 is 19.3. The van der Waals surface area contributed by atoms with Gasteiger partial charge in [0.2, 0.25) is 17.7 Å². The predicted molar refractivity (Wildman–Crippen MR) is 204 cm³/mol. The topological polar surface area (TPSA) is 158 Å². The first-order chi connectivity index (χ1) is 21.8. The molecule has 0 rings (SSSR count). The van der Waals surface area contributed by atoms with Gasteiger partial charge in [0.15, 0.2) is 16.6 Å². The average molecular weight is 731 g/mol. The Morgan fingerprint density at radius 2 is 1.14 bits per heavy atom. The molecule has 7 atom stereocenters. The van der Waals surface area contributed by atoms with Gasteiger partial charge in [-0.1, -0.05) is 75.7 Å². The SMILES string of the molecule is CC[C@H](C)[C@H](NC(=O)[C@@H](NC(=O)[C@H](C[C@@H](O[Si](C)(C)C(C)(C)C)[C@H](C)NC(=O)OC(C)(C)C)[C@@H](C)O[Si](C)(C)C(C)(C)C)C(C)C)C(N)=O. The molecule has 0 aliphatic rings. The summed E-state index contributed by atoms with van der Waals surface area (Å²) in [5.74, 6) is -2.68. The fourth-order valence-corrected chi connectivity index (χ4v) is 7.61. The molecule has 49 heavy (non-hydrogen) atoms. The molecule has 0 saturated heterocycles. The molecule has 0 heterocycles. The minimum atomic E-state index is -2.42. The van der Waals surface area contributed by atoms with Crippen LogP contribution in [0.4, 0.5) is 4.79 Å². The molecule has 0 aromatic carbocycles. The van der Waals surface area contributed by atoms with Crippen molar-refractivity contribution in [1.29, 1.82) is 0 Å². The highest BCUT2D eigenvalue weighted by molar-refractivity contribution is 6.74. The molecule has 288 valence electrons. The van der Waals surface area contributed by atoms with Crippen LogP contribution in [-0.4, -0.2) is 76.4 Å². The zero-order valence-corrected chi connectivity index (χ0v) is 36.5. The Hall–Kier alpha value is -1.97. The summed E-state index contributed by atoms with van der Waals surface area (Å²) in [6.07, 6.45) is -0.839. The van der Waals surface area contributed by atoms with E-state index in [1.807, 2.05) is 41.5 Å². The molecule has 5 N–H and O–H groups in total. The maximum absolute atomic E-state index is 14.5. The fourth-order valence-electron chi connectivity index (χ4n) is 4.75. The Labute approximate surface area is 300 Å². The van der Waals surface area contributed by atoms with Gasteiger partial charge in [0.05, 0.1) is 24.2 Å². The van der Waals surface area contributed by atoms with E-state index >= 15 is 0 Å². The summed E-state index contributed by atoms with van der Waals surface area (Å²) in [7, 11) is -4.77. The summed E-state index contributed by atoms with van der Waals surface area (Å²) in [5, 5.41) is 8.49. The number of hydrogen-bond acceptors (Lipinski definition) is 7. The van der Waals surface area contributed by atoms with Crippen molar-refractivity contribution >= 4 is 40.4 Å². The van der Waals surface area contributed by atoms with Crippen LogP contribution in [0.3, 0.4) is 0 Å². The molecule has 0 aliphatic carbocycles. The molecule has 0 aromatic heterocycles. The lowest BCUT2D eigenvalue weighted by molar-refractivity contribution is -0.136. The zero-order chi connectivity index (χ0) is 39.1. The first-order valence-electron chi connectivity index (χ1n) is 18.0. The van der Waals surface area contributed by atoms with Gasteiger partial charge in [0, 0.05) is 0 Å². The van der Waals surface area contributed by atoms with Gasteiger partial charge in [0.1, 0.15) is 17.7 Å². The van der Waals surface area contributed by atoms with E-state index in [4.69, 9.17) is 19.3 Å². The first kappa shape index (κ1) is 47.0. The van der Waals surface area contributed by atoms with Crippen LogP contribution in [0.15, 0.2) is 0 Å². The predicted octanol–water partition coefficient (Wildman–Crippen LogP) is 6.86. The number of nitrogens with two attached hydrogens (primary N) is 1. The van der Waals surface area contributed by atoms with Crippen molar-refractivity contribution < 1.29 is 32.8 Å². The van der Waals surface area contributed by atoms with E-state index in [2.05, 4.69) is 83.7 Å². The zero-order valence-electron chi connectivity index (χ0n) is 34.5. The van der Waals surface area contributed by atoms with Crippen molar-refractivity contribution in [2.24, 2.45) is 23.5 Å². The normalized spacial score (nSPS) is 17.6. The average Bonchev–Trinajstić information content (AvgIpc) is 2.88. The van der Waals surface area contributed by atoms with Crippen molar-refractivity contribution in [2.45, 2.75) is 189 Å². The molecular formula is C36H74N4O7Si2. The van der Waals surface area contributed by atoms with Crippen LogP contribution in [0.5, 0.6) is 0 Å². The second-order valence-electron chi connectivity index (χ2n) is 18.3. The first-order valence-corrected chi connectivity index (χ1v) is 23.8. The van der Waals surface area contributed by atoms with Gasteiger partial charge in [-0.2, -0.15) is 0 Å². The second kappa shape index (κ2) is 18.0. The van der Waals surface area contributed by atoms with Gasteiger partial charge in [-0.3, -0.25) is 14.4 Å². The largest absolute Gasteiger partial charge is 0.444 e. The summed E-state index contributed by atoms with van der Waals surface area (Å²) in [5.41, 5.74) is 4.96. The Balaban J connectivity index is 6.92. The maximum Gasteiger partial charge on any atom is 0.407 e. The van der Waals surface area contributed by atoms with Crippen LogP contribution in [0.2, 0.25) is 36.3 Å². The second-order valence-corrected chi connectivity index (χ2v) is 27.8. The number of hydrogen-bond donors (Lipinski definition) is 4. The van der Waals surface area contributed by atoms with Crippen LogP contribution >= 0.6 is 0 Å². The van der Waals surface area contributed by atoms with Gasteiger partial charge in [0.25, 0.3) is 0 Å². The summed E-state index contributed by atoms with van der Waals surface area (Å²) >= 11 is 0. The standard InChI is InChI=1S/C36H74N4O7Si2/c1-20-23(4)29(30(37)41)40-32(43)28(22(2)3)39-31(42)26(25(6)46-48(16,17)35(10,11)12)21-27(47-49(18,19)36(13,14)15)24(5)38-33(44)45-34(7,8)9/h22-29H,20-21H2,1-19H3,(H2,37,41)(H,38,44)(H,39,42)(H,40,43)/t23-,24-,25+,26+,27+,28-,29-/m0/s1. The molecule has 0 radical (unpaired) electrons. The third-order valence-electron chi connectivity index (χ3n) is 10.3. The van der Waals surface area contributed by atoms with E-state index in [0.717, 1.165) is 0 Å². The number of rotatable bonds is 17. The molecular weight excluding hydrogens is 657 g/mol. The Kier molecular flexibility index (Phi) is 17.3. The summed E-state index contributed by atoms with van der Waals surface area (Å²) in [6.45, 7) is 38.0. The highest BCUT2D eigenvalue weighted by Crippen LogP contribution is 2.40. The molecule has 0 fully saturated rings. The smallest absolute Gasteiger partial charge is 0.407 e. The van der Waals surface area contributed by atoms with Crippen molar-refractivity contribution in [3.8, 4) is 0 Å². The van der Waals surface area contributed by atoms with E-state index in [0.29, 0.717) is 6.42 Å². The molecule has 0 aromatic rings. The number of alkyl carbamates (subject to hydrolysis) is 1. The number of nitrogens with one attached hydrogen (secondary N) is 3. The molecule has 4 amide bonds. The Morgan fingerprint density at radius 3 is 1.53 bits per heavy atom. The Morgan fingerprint density at radius 1 is 0.694 bits per heavy atom. The number of amides is 4. The van der Waals surface area contributed by atoms with Gasteiger partial charge in [-0.05, 0) is 89.1 Å². The van der Waals surface area contributed by atoms with Crippen molar-refractivity contribution in [3.63, 3.8) is 0 Å². The van der Waals surface area contributed by atoms with Gasteiger partial charge < -0.3 is 35.3 Å². The van der Waals surface area contributed by atoms with Gasteiger partial charge in [-0.15, -0.1) is 0 Å². The van der Waals surface area contributed by atoms with Crippen molar-refractivity contribution in [3.05, 3.63) is 0 Å². The highest BCUT2D eigenvalue weighted by atomic mass is 28.4. The fraction of sp³-hybridized carbons (Fsp3) is 0.889. The number of carbonyl (C=O) groups excluding carboxylic acids is 4. The van der Waals surface area contributed by atoms with E-state index in [1.54, 1.807) is 20.8 Å². The summed E-state index contributed by atoms with van der Waals surface area (Å²) in [4.78, 5) is 53.3. The van der Waals surface area contributed by atoms with Crippen molar-refractivity contribution in [1.82, 2.24) is 16.0 Å². The van der Waals surface area contributed by atoms with Crippen LogP contribution < -0.4 is 21.7 Å². The quantitative estimate of drug-likeness (QED) is 0.119. The lowest BCUT2D eigenvalue weighted by Gasteiger charge is -2.44. The van der Waals surface area contributed by atoms with Crippen LogP contribution in [-0.2, 0) is 28.0 Å². The molecule has 0 unspecified atom stereocenters. The number of ether oxygens (including phenoxy) is 1. The van der Waals surface area contributed by atoms with E-state index < -0.39 is 76.4 Å². The molecule has 11 nitrogen and oxygen atoms in total. The van der Waals surface area contributed by atoms with E-state index in [9.17, 15) is 19.2 Å². The molecule has 0 bridgehead atoms. The van der Waals surface area contributed by atoms with E-state index in [-0.39, 0.29) is 34.2 Å². The monoisotopic (exact) mass is 731 g/mol. The highest BCUT2D eigenvalue weighted by Gasteiger charge is 2.45. The van der Waals surface area contributed by atoms with Crippen LogP contribution in [0.1, 0.15) is 117 Å². The van der Waals surface area contributed by atoms with Gasteiger partial charge in [-0.25, -0.2) is 4.79 Å². The molecule has 0 saturated carbocycles. The lowest BCUT2D eigenvalue weighted by atomic mass is 9.91. The number of carbonyl (C=O) groups is 4. The maximum atomic E-state index is 14.5. The minimum Gasteiger partial charge on any atom is -0.444 e. The lowest BCUT2D eigenvalue weighted by Crippen LogP contribution is -2.58. The molecule has 0 aliphatic heterocycles. The summed E-state index contributed by atoms with van der Waals surface area (Å²) in [6, 6.07) is -2.32. The van der Waals surface area contributed by atoms with Crippen molar-refractivity contribution in [2.75, 3.05) is 0 Å². The third-order valence-corrected chi connectivity index (χ3v) is 19.4.